The first-order valence-corrected chi connectivity index (χ1v) is 13.8. The van der Waals surface area contributed by atoms with Gasteiger partial charge < -0.3 is 29.7 Å². The van der Waals surface area contributed by atoms with E-state index in [4.69, 9.17) is 32.7 Å². The highest BCUT2D eigenvalue weighted by Gasteiger charge is 2.52. The Morgan fingerprint density at radius 3 is 2.36 bits per heavy atom. The van der Waals surface area contributed by atoms with Gasteiger partial charge in [-0.25, -0.2) is 17.9 Å². The lowest BCUT2D eigenvalue weighted by Gasteiger charge is -2.45. The predicted molar refractivity (Wildman–Crippen MR) is 145 cm³/mol. The second kappa shape index (κ2) is 12.4. The monoisotopic (exact) mass is 630 g/mol. The number of anilines is 1. The molecule has 1 aromatic heterocycles. The molecule has 42 heavy (non-hydrogen) atoms. The van der Waals surface area contributed by atoms with Gasteiger partial charge in [-0.05, 0) is 49.6 Å². The molecular weight excluding hydrogens is 604 g/mol. The maximum atomic E-state index is 14.3. The normalized spacial score (nSPS) is 27.8. The highest BCUT2D eigenvalue weighted by atomic mass is 35.5. The standard InChI is InChI=1S/C27H27Cl2F3N4O6/c1-41-25-23(35-10-18(33-34-35)12-5-16(30)22(32)17(31)6-12)24(39)21(11-37)42-26(25)27(40)36(19-3-2-4-20(19)38)15-8-13(28)7-14(29)9-15/h5-10,19-21,23-26,37-39H,2-4,11H2,1H3/t19-,20-,21?,23?,24?,25?,26?/m1/s1. The molecule has 1 amide bonds. The van der Waals surface area contributed by atoms with E-state index in [9.17, 15) is 33.3 Å². The van der Waals surface area contributed by atoms with Gasteiger partial charge in [-0.15, -0.1) is 5.10 Å². The highest BCUT2D eigenvalue weighted by molar-refractivity contribution is 6.35. The van der Waals surface area contributed by atoms with Crippen LogP contribution in [0.1, 0.15) is 25.3 Å². The topological polar surface area (TPSA) is 130 Å². The number of nitrogens with zero attached hydrogens (tertiary/aromatic N) is 4. The number of carbonyl (C=O) groups excluding carboxylic acids is 1. The number of hydrogen-bond donors (Lipinski definition) is 3. The molecule has 7 atom stereocenters. The van der Waals surface area contributed by atoms with Gasteiger partial charge in [0.15, 0.2) is 23.6 Å². The van der Waals surface area contributed by atoms with Crippen molar-refractivity contribution in [1.29, 1.82) is 0 Å². The third-order valence-electron chi connectivity index (χ3n) is 7.62. The van der Waals surface area contributed by atoms with E-state index in [0.717, 1.165) is 16.8 Å². The molecule has 1 saturated carbocycles. The third kappa shape index (κ3) is 5.74. The maximum Gasteiger partial charge on any atom is 0.259 e. The van der Waals surface area contributed by atoms with Gasteiger partial charge in [0.2, 0.25) is 0 Å². The molecule has 5 unspecified atom stereocenters. The van der Waals surface area contributed by atoms with Crippen molar-refractivity contribution in [3.8, 4) is 11.3 Å². The zero-order chi connectivity index (χ0) is 30.3. The third-order valence-corrected chi connectivity index (χ3v) is 8.05. The number of ether oxygens (including phenoxy) is 2. The number of amides is 1. The second-order valence-electron chi connectivity index (χ2n) is 10.2. The number of aliphatic hydroxyl groups excluding tert-OH is 3. The van der Waals surface area contributed by atoms with E-state index in [-0.39, 0.29) is 21.3 Å². The molecular formula is C27H27Cl2F3N4O6. The molecule has 2 fully saturated rings. The first-order chi connectivity index (χ1) is 20.0. The summed E-state index contributed by atoms with van der Waals surface area (Å²) in [5, 5.41) is 40.3. The van der Waals surface area contributed by atoms with Crippen molar-refractivity contribution in [3.63, 3.8) is 0 Å². The van der Waals surface area contributed by atoms with E-state index in [0.29, 0.717) is 24.9 Å². The fourth-order valence-corrected chi connectivity index (χ4v) is 6.15. The van der Waals surface area contributed by atoms with Crippen LogP contribution in [-0.2, 0) is 14.3 Å². The van der Waals surface area contributed by atoms with Crippen LogP contribution >= 0.6 is 23.2 Å². The molecule has 1 saturated heterocycles. The molecule has 0 bridgehead atoms. The largest absolute Gasteiger partial charge is 0.394 e. The average molecular weight is 631 g/mol. The number of aliphatic hydroxyl groups is 3. The summed E-state index contributed by atoms with van der Waals surface area (Å²) in [6, 6.07) is 4.15. The van der Waals surface area contributed by atoms with Crippen LogP contribution in [0.3, 0.4) is 0 Å². The minimum atomic E-state index is -1.64. The smallest absolute Gasteiger partial charge is 0.259 e. The zero-order valence-corrected chi connectivity index (χ0v) is 23.6. The van der Waals surface area contributed by atoms with Crippen LogP contribution in [-0.4, -0.2) is 86.5 Å². The van der Waals surface area contributed by atoms with Crippen molar-refractivity contribution in [2.24, 2.45) is 0 Å². The molecule has 15 heteroatoms. The molecule has 5 rings (SSSR count). The lowest BCUT2D eigenvalue weighted by molar-refractivity contribution is -0.211. The fourth-order valence-electron chi connectivity index (χ4n) is 5.64. The van der Waals surface area contributed by atoms with Crippen molar-refractivity contribution in [3.05, 3.63) is 64.0 Å². The Kier molecular flexibility index (Phi) is 9.09. The minimum Gasteiger partial charge on any atom is -0.394 e. The van der Waals surface area contributed by atoms with Gasteiger partial charge in [0.25, 0.3) is 5.91 Å². The van der Waals surface area contributed by atoms with E-state index < -0.39 is 72.6 Å². The average Bonchev–Trinajstić information content (AvgIpc) is 3.60. The van der Waals surface area contributed by atoms with Gasteiger partial charge in [-0.2, -0.15) is 0 Å². The van der Waals surface area contributed by atoms with Gasteiger partial charge >= 0.3 is 0 Å². The Balaban J connectivity index is 1.54. The molecule has 10 nitrogen and oxygen atoms in total. The summed E-state index contributed by atoms with van der Waals surface area (Å²) in [6.45, 7) is -0.692. The number of methoxy groups -OCH3 is 1. The minimum absolute atomic E-state index is 0.0611. The Hall–Kier alpha value is -2.78. The van der Waals surface area contributed by atoms with Crippen molar-refractivity contribution in [2.45, 2.75) is 61.9 Å². The van der Waals surface area contributed by atoms with Crippen LogP contribution in [0.2, 0.25) is 10.0 Å². The van der Waals surface area contributed by atoms with E-state index in [1.807, 2.05) is 0 Å². The lowest BCUT2D eigenvalue weighted by Crippen LogP contribution is -2.62. The molecule has 1 aliphatic heterocycles. The SMILES string of the molecule is COC1C(C(=O)N(c2cc(Cl)cc(Cl)c2)[C@@H]2CCC[C@H]2O)OC(CO)C(O)C1n1cc(-c2cc(F)c(F)c(F)c2)nn1. The Labute approximate surface area is 248 Å². The Bertz CT molecular complexity index is 1420. The van der Waals surface area contributed by atoms with Gasteiger partial charge in [0.1, 0.15) is 30.0 Å². The van der Waals surface area contributed by atoms with Crippen LogP contribution in [0, 0.1) is 17.5 Å². The highest BCUT2D eigenvalue weighted by Crippen LogP contribution is 2.38. The summed E-state index contributed by atoms with van der Waals surface area (Å²) in [4.78, 5) is 15.6. The molecule has 3 aromatic rings. The summed E-state index contributed by atoms with van der Waals surface area (Å²) in [5.41, 5.74) is 0.112. The van der Waals surface area contributed by atoms with Gasteiger partial charge in [0, 0.05) is 28.4 Å². The molecule has 226 valence electrons. The first-order valence-electron chi connectivity index (χ1n) is 13.0. The second-order valence-corrected chi connectivity index (χ2v) is 11.1. The molecule has 2 aliphatic rings. The fraction of sp³-hybridized carbons (Fsp3) is 0.444. The molecule has 3 N–H and O–H groups in total. The maximum absolute atomic E-state index is 14.3. The predicted octanol–water partition coefficient (Wildman–Crippen LogP) is 3.29. The zero-order valence-electron chi connectivity index (χ0n) is 22.1. The summed E-state index contributed by atoms with van der Waals surface area (Å²) in [6.07, 6.45) is -3.50. The molecule has 1 aliphatic carbocycles. The van der Waals surface area contributed by atoms with Crippen LogP contribution in [0.15, 0.2) is 36.5 Å². The molecule has 2 aromatic carbocycles. The summed E-state index contributed by atoms with van der Waals surface area (Å²) < 4.78 is 53.9. The molecule has 2 heterocycles. The first kappa shape index (κ1) is 30.7. The van der Waals surface area contributed by atoms with Crippen LogP contribution in [0.25, 0.3) is 11.3 Å². The van der Waals surface area contributed by atoms with Gasteiger partial charge in [-0.3, -0.25) is 4.79 Å². The Morgan fingerprint density at radius 2 is 1.79 bits per heavy atom. The Morgan fingerprint density at radius 1 is 1.12 bits per heavy atom. The van der Waals surface area contributed by atoms with Crippen LogP contribution < -0.4 is 4.90 Å². The summed E-state index contributed by atoms with van der Waals surface area (Å²) >= 11 is 12.5. The van der Waals surface area contributed by atoms with E-state index in [1.54, 1.807) is 0 Å². The van der Waals surface area contributed by atoms with Crippen molar-refractivity contribution < 1.29 is 42.8 Å². The molecule has 0 radical (unpaired) electrons. The van der Waals surface area contributed by atoms with Crippen molar-refractivity contribution >= 4 is 34.8 Å². The van der Waals surface area contributed by atoms with Crippen LogP contribution in [0.5, 0.6) is 0 Å². The number of hydrogen-bond acceptors (Lipinski definition) is 8. The number of rotatable bonds is 7. The molecule has 0 spiro atoms. The van der Waals surface area contributed by atoms with Gasteiger partial charge in [0.05, 0.1) is 24.9 Å². The number of aromatic nitrogens is 3. The van der Waals surface area contributed by atoms with E-state index >= 15 is 0 Å². The summed E-state index contributed by atoms with van der Waals surface area (Å²) in [7, 11) is 1.28. The van der Waals surface area contributed by atoms with E-state index in [1.165, 1.54) is 36.4 Å². The lowest BCUT2D eigenvalue weighted by atomic mass is 9.91. The van der Waals surface area contributed by atoms with Gasteiger partial charge in [-0.1, -0.05) is 28.4 Å². The van der Waals surface area contributed by atoms with Crippen molar-refractivity contribution in [1.82, 2.24) is 15.0 Å². The number of carbonyl (C=O) groups is 1. The van der Waals surface area contributed by atoms with Crippen LogP contribution in [0.4, 0.5) is 18.9 Å². The van der Waals surface area contributed by atoms with E-state index in [2.05, 4.69) is 10.3 Å². The summed E-state index contributed by atoms with van der Waals surface area (Å²) in [5.74, 6) is -5.16. The number of benzene rings is 2. The number of halogens is 5. The quantitative estimate of drug-likeness (QED) is 0.339. The van der Waals surface area contributed by atoms with Crippen molar-refractivity contribution in [2.75, 3.05) is 18.6 Å².